The van der Waals surface area contributed by atoms with E-state index in [-0.39, 0.29) is 0 Å². The van der Waals surface area contributed by atoms with Crippen molar-refractivity contribution in [3.05, 3.63) is 18.2 Å². The molecule has 100 valence electrons. The summed E-state index contributed by atoms with van der Waals surface area (Å²) in [6.45, 7) is 4.75. The van der Waals surface area contributed by atoms with Crippen LogP contribution < -0.4 is 5.32 Å². The van der Waals surface area contributed by atoms with Gasteiger partial charge in [-0.2, -0.15) is 0 Å². The highest BCUT2D eigenvalue weighted by Gasteiger charge is 2.25. The normalized spacial score (nSPS) is 32.8. The quantitative estimate of drug-likeness (QED) is 0.889. The third kappa shape index (κ3) is 2.46. The predicted octanol–water partition coefficient (Wildman–Crippen LogP) is 3.13. The van der Waals surface area contributed by atoms with Gasteiger partial charge in [0.2, 0.25) is 0 Å². The molecule has 3 heteroatoms. The van der Waals surface area contributed by atoms with Gasteiger partial charge in [-0.1, -0.05) is 26.2 Å². The van der Waals surface area contributed by atoms with Crippen LogP contribution in [-0.4, -0.2) is 16.1 Å². The lowest BCUT2D eigenvalue weighted by Crippen LogP contribution is -2.29. The summed E-state index contributed by atoms with van der Waals surface area (Å²) in [5, 5.41) is 3.64. The molecule has 0 aromatic carbocycles. The lowest BCUT2D eigenvalue weighted by atomic mass is 9.97. The van der Waals surface area contributed by atoms with Crippen LogP contribution >= 0.6 is 0 Å². The third-order valence-electron chi connectivity index (χ3n) is 4.88. The molecule has 3 atom stereocenters. The molecule has 1 saturated carbocycles. The topological polar surface area (TPSA) is 29.9 Å². The number of hydrogen-bond donors (Lipinski definition) is 1. The zero-order chi connectivity index (χ0) is 12.4. The maximum atomic E-state index is 4.39. The highest BCUT2D eigenvalue weighted by molar-refractivity contribution is 5.06. The number of rotatable bonds is 3. The molecule has 0 spiro atoms. The SMILES string of the molecule is CC1CCCC1Cn1cncc1C1CCCCN1. The minimum Gasteiger partial charge on any atom is -0.333 e. The molecule has 1 aromatic heterocycles. The van der Waals surface area contributed by atoms with E-state index in [1.807, 2.05) is 6.33 Å². The second kappa shape index (κ2) is 5.43. The molecule has 3 unspecified atom stereocenters. The number of nitrogens with one attached hydrogen (secondary N) is 1. The lowest BCUT2D eigenvalue weighted by Gasteiger charge is -2.26. The largest absolute Gasteiger partial charge is 0.333 e. The van der Waals surface area contributed by atoms with Crippen molar-refractivity contribution in [2.45, 2.75) is 58.0 Å². The summed E-state index contributed by atoms with van der Waals surface area (Å²) in [6.07, 6.45) is 12.3. The second-order valence-electron chi connectivity index (χ2n) is 6.14. The first kappa shape index (κ1) is 12.2. The van der Waals surface area contributed by atoms with E-state index in [9.17, 15) is 0 Å². The van der Waals surface area contributed by atoms with Crippen molar-refractivity contribution in [3.63, 3.8) is 0 Å². The molecule has 1 saturated heterocycles. The third-order valence-corrected chi connectivity index (χ3v) is 4.88. The van der Waals surface area contributed by atoms with E-state index in [0.717, 1.165) is 18.4 Å². The van der Waals surface area contributed by atoms with E-state index in [0.29, 0.717) is 6.04 Å². The summed E-state index contributed by atoms with van der Waals surface area (Å²) in [4.78, 5) is 4.39. The van der Waals surface area contributed by atoms with Crippen molar-refractivity contribution in [1.29, 1.82) is 0 Å². The minimum atomic E-state index is 0.540. The fourth-order valence-electron chi connectivity index (χ4n) is 3.62. The van der Waals surface area contributed by atoms with E-state index in [1.165, 1.54) is 50.8 Å². The van der Waals surface area contributed by atoms with Gasteiger partial charge < -0.3 is 9.88 Å². The van der Waals surface area contributed by atoms with Gasteiger partial charge in [-0.15, -0.1) is 0 Å². The van der Waals surface area contributed by atoms with Gasteiger partial charge >= 0.3 is 0 Å². The molecule has 3 rings (SSSR count). The van der Waals surface area contributed by atoms with Crippen LogP contribution in [-0.2, 0) is 6.54 Å². The molecule has 0 amide bonds. The fraction of sp³-hybridized carbons (Fsp3) is 0.800. The van der Waals surface area contributed by atoms with Crippen molar-refractivity contribution in [1.82, 2.24) is 14.9 Å². The van der Waals surface area contributed by atoms with E-state index < -0.39 is 0 Å². The average molecular weight is 247 g/mol. The first-order chi connectivity index (χ1) is 8.84. The van der Waals surface area contributed by atoms with Gasteiger partial charge in [-0.05, 0) is 37.6 Å². The van der Waals surface area contributed by atoms with Gasteiger partial charge in [-0.25, -0.2) is 4.98 Å². The summed E-state index contributed by atoms with van der Waals surface area (Å²) in [6, 6.07) is 0.540. The van der Waals surface area contributed by atoms with Crippen LogP contribution in [0.4, 0.5) is 0 Å². The Bertz CT molecular complexity index is 379. The Morgan fingerprint density at radius 2 is 2.22 bits per heavy atom. The maximum Gasteiger partial charge on any atom is 0.0948 e. The second-order valence-corrected chi connectivity index (χ2v) is 6.14. The number of aromatic nitrogens is 2. The molecule has 18 heavy (non-hydrogen) atoms. The standard InChI is InChI=1S/C15H25N3/c1-12-5-4-6-13(12)10-18-11-16-9-15(18)14-7-2-3-8-17-14/h9,11-14,17H,2-8,10H2,1H3. The van der Waals surface area contributed by atoms with E-state index in [1.54, 1.807) is 0 Å². The van der Waals surface area contributed by atoms with Gasteiger partial charge in [0.15, 0.2) is 0 Å². The summed E-state index contributed by atoms with van der Waals surface area (Å²) >= 11 is 0. The van der Waals surface area contributed by atoms with Crippen molar-refractivity contribution < 1.29 is 0 Å². The minimum absolute atomic E-state index is 0.540. The smallest absolute Gasteiger partial charge is 0.0948 e. The molecule has 1 aromatic rings. The van der Waals surface area contributed by atoms with Crippen LogP contribution in [0, 0.1) is 11.8 Å². The van der Waals surface area contributed by atoms with E-state index in [2.05, 4.69) is 28.0 Å². The average Bonchev–Trinajstić information content (AvgIpc) is 3.01. The molecule has 2 fully saturated rings. The van der Waals surface area contributed by atoms with Crippen LogP contribution in [0.25, 0.3) is 0 Å². The van der Waals surface area contributed by atoms with Crippen molar-refractivity contribution in [2.24, 2.45) is 11.8 Å². The lowest BCUT2D eigenvalue weighted by molar-refractivity contribution is 0.339. The van der Waals surface area contributed by atoms with Crippen LogP contribution in [0.1, 0.15) is 57.2 Å². The zero-order valence-electron chi connectivity index (χ0n) is 11.4. The number of nitrogens with zero attached hydrogens (tertiary/aromatic N) is 2. The zero-order valence-corrected chi connectivity index (χ0v) is 11.4. The van der Waals surface area contributed by atoms with Crippen LogP contribution in [0.15, 0.2) is 12.5 Å². The Morgan fingerprint density at radius 3 is 2.94 bits per heavy atom. The summed E-state index contributed by atoms with van der Waals surface area (Å²) in [5.41, 5.74) is 1.41. The summed E-state index contributed by atoms with van der Waals surface area (Å²) in [7, 11) is 0. The van der Waals surface area contributed by atoms with Crippen LogP contribution in [0.3, 0.4) is 0 Å². The molecular formula is C15H25N3. The number of piperidine rings is 1. The molecule has 2 heterocycles. The molecule has 2 aliphatic rings. The molecular weight excluding hydrogens is 222 g/mol. The highest BCUT2D eigenvalue weighted by atomic mass is 15.1. The number of imidazole rings is 1. The van der Waals surface area contributed by atoms with Gasteiger partial charge in [0, 0.05) is 18.8 Å². The molecule has 1 aliphatic heterocycles. The van der Waals surface area contributed by atoms with Crippen molar-refractivity contribution >= 4 is 0 Å². The van der Waals surface area contributed by atoms with Crippen molar-refractivity contribution in [3.8, 4) is 0 Å². The van der Waals surface area contributed by atoms with Gasteiger partial charge in [0.25, 0.3) is 0 Å². The maximum absolute atomic E-state index is 4.39. The Labute approximate surface area is 110 Å². The van der Waals surface area contributed by atoms with E-state index in [4.69, 9.17) is 0 Å². The first-order valence-corrected chi connectivity index (χ1v) is 7.58. The fourth-order valence-corrected chi connectivity index (χ4v) is 3.62. The highest BCUT2D eigenvalue weighted by Crippen LogP contribution is 2.33. The predicted molar refractivity (Wildman–Crippen MR) is 73.3 cm³/mol. The van der Waals surface area contributed by atoms with Crippen molar-refractivity contribution in [2.75, 3.05) is 6.54 Å². The first-order valence-electron chi connectivity index (χ1n) is 7.58. The number of hydrogen-bond acceptors (Lipinski definition) is 2. The van der Waals surface area contributed by atoms with Gasteiger partial charge in [0.05, 0.1) is 12.0 Å². The molecule has 1 N–H and O–H groups in total. The molecule has 3 nitrogen and oxygen atoms in total. The molecule has 0 bridgehead atoms. The molecule has 1 aliphatic carbocycles. The van der Waals surface area contributed by atoms with Crippen LogP contribution in [0.5, 0.6) is 0 Å². The molecule has 0 radical (unpaired) electrons. The van der Waals surface area contributed by atoms with Gasteiger partial charge in [-0.3, -0.25) is 0 Å². The Hall–Kier alpha value is -0.830. The Kier molecular flexibility index (Phi) is 3.69. The Morgan fingerprint density at radius 1 is 1.28 bits per heavy atom. The van der Waals surface area contributed by atoms with Gasteiger partial charge in [0.1, 0.15) is 0 Å². The Balaban J connectivity index is 1.70. The van der Waals surface area contributed by atoms with E-state index >= 15 is 0 Å². The van der Waals surface area contributed by atoms with Crippen LogP contribution in [0.2, 0.25) is 0 Å². The summed E-state index contributed by atoms with van der Waals surface area (Å²) in [5.74, 6) is 1.75. The summed E-state index contributed by atoms with van der Waals surface area (Å²) < 4.78 is 2.41. The monoisotopic (exact) mass is 247 g/mol.